The standard InChI is InChI=1S/C14H23FN2/c1-4-10-17(5-2)14(11(3)16)12-8-6-7-9-13(12)15/h6-9,11,14H,4-5,10,16H2,1-3H3. The number of hydrogen-bond acceptors (Lipinski definition) is 2. The van der Waals surface area contributed by atoms with Crippen molar-refractivity contribution in [2.45, 2.75) is 39.3 Å². The highest BCUT2D eigenvalue weighted by atomic mass is 19.1. The molecule has 0 fully saturated rings. The second-order valence-corrected chi connectivity index (χ2v) is 4.45. The maximum Gasteiger partial charge on any atom is 0.128 e. The van der Waals surface area contributed by atoms with Crippen LogP contribution in [0.4, 0.5) is 4.39 Å². The third kappa shape index (κ3) is 3.51. The molecule has 2 atom stereocenters. The Labute approximate surface area is 104 Å². The topological polar surface area (TPSA) is 29.3 Å². The molecule has 3 heteroatoms. The number of halogens is 1. The second kappa shape index (κ2) is 6.72. The van der Waals surface area contributed by atoms with E-state index in [0.717, 1.165) is 19.5 Å². The Bertz CT molecular complexity index is 339. The molecule has 1 rings (SSSR count). The molecule has 2 N–H and O–H groups in total. The van der Waals surface area contributed by atoms with E-state index in [9.17, 15) is 4.39 Å². The van der Waals surface area contributed by atoms with Crippen molar-refractivity contribution in [3.05, 3.63) is 35.6 Å². The largest absolute Gasteiger partial charge is 0.326 e. The first-order valence-corrected chi connectivity index (χ1v) is 6.35. The van der Waals surface area contributed by atoms with Crippen LogP contribution in [0, 0.1) is 5.82 Å². The van der Waals surface area contributed by atoms with Gasteiger partial charge in [-0.25, -0.2) is 4.39 Å². The molecule has 1 aromatic carbocycles. The Balaban J connectivity index is 3.04. The molecule has 17 heavy (non-hydrogen) atoms. The Hall–Kier alpha value is -0.930. The molecule has 0 spiro atoms. The van der Waals surface area contributed by atoms with Crippen molar-refractivity contribution in [2.75, 3.05) is 13.1 Å². The van der Waals surface area contributed by atoms with E-state index >= 15 is 0 Å². The van der Waals surface area contributed by atoms with Crippen molar-refractivity contribution in [2.24, 2.45) is 5.73 Å². The highest BCUT2D eigenvalue weighted by Crippen LogP contribution is 2.25. The fourth-order valence-electron chi connectivity index (χ4n) is 2.31. The minimum atomic E-state index is -0.163. The molecule has 0 aromatic heterocycles. The van der Waals surface area contributed by atoms with Crippen molar-refractivity contribution in [1.82, 2.24) is 4.90 Å². The third-order valence-corrected chi connectivity index (χ3v) is 3.03. The van der Waals surface area contributed by atoms with E-state index in [2.05, 4.69) is 18.7 Å². The average Bonchev–Trinajstić information content (AvgIpc) is 2.30. The fraction of sp³-hybridized carbons (Fsp3) is 0.571. The average molecular weight is 238 g/mol. The van der Waals surface area contributed by atoms with Gasteiger partial charge in [0.1, 0.15) is 5.82 Å². The van der Waals surface area contributed by atoms with E-state index in [1.807, 2.05) is 19.1 Å². The van der Waals surface area contributed by atoms with Crippen molar-refractivity contribution >= 4 is 0 Å². The predicted octanol–water partition coefficient (Wildman–Crippen LogP) is 2.95. The molecule has 0 aliphatic carbocycles. The van der Waals surface area contributed by atoms with Gasteiger partial charge in [0.15, 0.2) is 0 Å². The van der Waals surface area contributed by atoms with Gasteiger partial charge in [-0.05, 0) is 32.5 Å². The summed E-state index contributed by atoms with van der Waals surface area (Å²) < 4.78 is 13.9. The molecular formula is C14H23FN2. The lowest BCUT2D eigenvalue weighted by molar-refractivity contribution is 0.182. The molecule has 0 amide bonds. The molecule has 1 aromatic rings. The van der Waals surface area contributed by atoms with Crippen LogP contribution in [0.3, 0.4) is 0 Å². The Morgan fingerprint density at radius 1 is 1.29 bits per heavy atom. The lowest BCUT2D eigenvalue weighted by atomic mass is 9.98. The Kier molecular flexibility index (Phi) is 5.59. The van der Waals surface area contributed by atoms with Crippen LogP contribution < -0.4 is 5.73 Å². The van der Waals surface area contributed by atoms with Gasteiger partial charge in [0, 0.05) is 11.6 Å². The van der Waals surface area contributed by atoms with Crippen LogP contribution in [0.2, 0.25) is 0 Å². The van der Waals surface area contributed by atoms with Crippen molar-refractivity contribution in [1.29, 1.82) is 0 Å². The van der Waals surface area contributed by atoms with Crippen LogP contribution in [0.15, 0.2) is 24.3 Å². The summed E-state index contributed by atoms with van der Waals surface area (Å²) in [4.78, 5) is 2.24. The molecular weight excluding hydrogens is 215 g/mol. The maximum atomic E-state index is 13.9. The summed E-state index contributed by atoms with van der Waals surface area (Å²) in [6.07, 6.45) is 1.05. The van der Waals surface area contributed by atoms with Crippen LogP contribution in [-0.2, 0) is 0 Å². The molecule has 96 valence electrons. The highest BCUT2D eigenvalue weighted by molar-refractivity contribution is 5.22. The fourth-order valence-corrected chi connectivity index (χ4v) is 2.31. The number of rotatable bonds is 6. The zero-order valence-electron chi connectivity index (χ0n) is 11.0. The van der Waals surface area contributed by atoms with Crippen LogP contribution in [-0.4, -0.2) is 24.0 Å². The molecule has 0 aliphatic rings. The zero-order valence-corrected chi connectivity index (χ0v) is 11.0. The van der Waals surface area contributed by atoms with Gasteiger partial charge in [0.2, 0.25) is 0 Å². The first-order valence-electron chi connectivity index (χ1n) is 6.35. The summed E-state index contributed by atoms with van der Waals surface area (Å²) >= 11 is 0. The molecule has 0 aliphatic heterocycles. The van der Waals surface area contributed by atoms with Crippen LogP contribution in [0.25, 0.3) is 0 Å². The minimum absolute atomic E-state index is 0.0406. The smallest absolute Gasteiger partial charge is 0.128 e. The van der Waals surface area contributed by atoms with Gasteiger partial charge in [-0.3, -0.25) is 4.90 Å². The highest BCUT2D eigenvalue weighted by Gasteiger charge is 2.24. The van der Waals surface area contributed by atoms with Crippen molar-refractivity contribution < 1.29 is 4.39 Å². The normalized spacial score (nSPS) is 14.9. The Morgan fingerprint density at radius 3 is 2.41 bits per heavy atom. The summed E-state index contributed by atoms with van der Waals surface area (Å²) in [6.45, 7) is 7.98. The third-order valence-electron chi connectivity index (χ3n) is 3.03. The number of nitrogens with zero attached hydrogens (tertiary/aromatic N) is 1. The molecule has 0 heterocycles. The number of benzene rings is 1. The second-order valence-electron chi connectivity index (χ2n) is 4.45. The first-order chi connectivity index (χ1) is 8.11. The van der Waals surface area contributed by atoms with Gasteiger partial charge in [0.05, 0.1) is 6.04 Å². The maximum absolute atomic E-state index is 13.9. The van der Waals surface area contributed by atoms with Crippen LogP contribution in [0.5, 0.6) is 0 Å². The molecule has 0 saturated carbocycles. The summed E-state index contributed by atoms with van der Waals surface area (Å²) in [5.41, 5.74) is 6.74. The van der Waals surface area contributed by atoms with E-state index in [1.54, 1.807) is 6.07 Å². The summed E-state index contributed by atoms with van der Waals surface area (Å²) in [5.74, 6) is -0.163. The van der Waals surface area contributed by atoms with Crippen molar-refractivity contribution in [3.8, 4) is 0 Å². The summed E-state index contributed by atoms with van der Waals surface area (Å²) in [5, 5.41) is 0. The molecule has 2 unspecified atom stereocenters. The van der Waals surface area contributed by atoms with E-state index in [-0.39, 0.29) is 17.9 Å². The van der Waals surface area contributed by atoms with Crippen LogP contribution in [0.1, 0.15) is 38.8 Å². The van der Waals surface area contributed by atoms with E-state index < -0.39 is 0 Å². The first kappa shape index (κ1) is 14.1. The quantitative estimate of drug-likeness (QED) is 0.825. The van der Waals surface area contributed by atoms with Crippen molar-refractivity contribution in [3.63, 3.8) is 0 Å². The zero-order chi connectivity index (χ0) is 12.8. The van der Waals surface area contributed by atoms with E-state index in [0.29, 0.717) is 5.56 Å². The van der Waals surface area contributed by atoms with Gasteiger partial charge in [-0.2, -0.15) is 0 Å². The van der Waals surface area contributed by atoms with E-state index in [4.69, 9.17) is 5.73 Å². The number of likely N-dealkylation sites (N-methyl/N-ethyl adjacent to an activating group) is 1. The van der Waals surface area contributed by atoms with Gasteiger partial charge in [-0.1, -0.05) is 32.0 Å². The monoisotopic (exact) mass is 238 g/mol. The van der Waals surface area contributed by atoms with Crippen LogP contribution >= 0.6 is 0 Å². The summed E-state index contributed by atoms with van der Waals surface area (Å²) in [7, 11) is 0. The minimum Gasteiger partial charge on any atom is -0.326 e. The Morgan fingerprint density at radius 2 is 1.94 bits per heavy atom. The van der Waals surface area contributed by atoms with Gasteiger partial charge < -0.3 is 5.73 Å². The molecule has 2 nitrogen and oxygen atoms in total. The SMILES string of the molecule is CCCN(CC)C(c1ccccc1F)C(C)N. The summed E-state index contributed by atoms with van der Waals surface area (Å²) in [6, 6.07) is 6.80. The lowest BCUT2D eigenvalue weighted by Crippen LogP contribution is -2.40. The van der Waals surface area contributed by atoms with E-state index in [1.165, 1.54) is 6.07 Å². The van der Waals surface area contributed by atoms with Gasteiger partial charge in [-0.15, -0.1) is 0 Å². The van der Waals surface area contributed by atoms with Gasteiger partial charge in [0.25, 0.3) is 0 Å². The number of nitrogens with two attached hydrogens (primary N) is 1. The molecule has 0 bridgehead atoms. The molecule has 0 radical (unpaired) electrons. The van der Waals surface area contributed by atoms with Gasteiger partial charge >= 0.3 is 0 Å². The number of hydrogen-bond donors (Lipinski definition) is 1. The lowest BCUT2D eigenvalue weighted by Gasteiger charge is -2.33. The predicted molar refractivity (Wildman–Crippen MR) is 70.3 cm³/mol. The molecule has 0 saturated heterocycles.